The zero-order chi connectivity index (χ0) is 17.1. The number of aryl methyl sites for hydroxylation is 3. The van der Waals surface area contributed by atoms with Crippen LogP contribution in [-0.4, -0.2) is 25.8 Å². The molecule has 0 fully saturated rings. The fourth-order valence-corrected chi connectivity index (χ4v) is 3.45. The molecule has 3 rings (SSSR count). The van der Waals surface area contributed by atoms with Gasteiger partial charge in [-0.1, -0.05) is 0 Å². The fraction of sp³-hybridized carbons (Fsp3) is 0.267. The van der Waals surface area contributed by atoms with Gasteiger partial charge in [-0.05, 0) is 26.8 Å². The number of rotatable bonds is 5. The molecule has 0 unspecified atom stereocenters. The van der Waals surface area contributed by atoms with Gasteiger partial charge in [0.05, 0.1) is 12.1 Å². The van der Waals surface area contributed by atoms with Crippen LogP contribution in [-0.2, 0) is 11.2 Å². The summed E-state index contributed by atoms with van der Waals surface area (Å²) in [6, 6.07) is 1.91. The molecule has 0 aliphatic carbocycles. The molecule has 0 radical (unpaired) electrons. The molecule has 0 saturated carbocycles. The zero-order valence-corrected chi connectivity index (χ0v) is 15.1. The van der Waals surface area contributed by atoms with Crippen molar-refractivity contribution in [2.24, 2.45) is 0 Å². The van der Waals surface area contributed by atoms with Gasteiger partial charge >= 0.3 is 0 Å². The highest BCUT2D eigenvalue weighted by Gasteiger charge is 2.10. The number of aromatic nitrogens is 4. The van der Waals surface area contributed by atoms with Crippen molar-refractivity contribution in [2.45, 2.75) is 27.2 Å². The Bertz CT molecular complexity index is 852. The van der Waals surface area contributed by atoms with Crippen molar-refractivity contribution < 1.29 is 4.79 Å². The lowest BCUT2D eigenvalue weighted by molar-refractivity contribution is -0.115. The number of nitrogens with zero attached hydrogens (tertiary/aromatic N) is 4. The van der Waals surface area contributed by atoms with E-state index in [-0.39, 0.29) is 12.3 Å². The number of amides is 1. The Balaban J connectivity index is 1.61. The highest BCUT2D eigenvalue weighted by Crippen LogP contribution is 2.20. The van der Waals surface area contributed by atoms with Crippen molar-refractivity contribution in [3.8, 4) is 0 Å². The maximum Gasteiger partial charge on any atom is 0.232 e. The maximum atomic E-state index is 12.0. The maximum absolute atomic E-state index is 12.0. The van der Waals surface area contributed by atoms with Gasteiger partial charge in [0.2, 0.25) is 11.9 Å². The second kappa shape index (κ2) is 7.02. The quantitative estimate of drug-likeness (QED) is 0.725. The van der Waals surface area contributed by atoms with Crippen molar-refractivity contribution in [2.75, 3.05) is 10.6 Å². The van der Waals surface area contributed by atoms with Gasteiger partial charge in [0, 0.05) is 27.8 Å². The Morgan fingerprint density at radius 2 is 1.88 bits per heavy atom. The first-order valence-electron chi connectivity index (χ1n) is 7.24. The standard InChI is InChI=1S/C15H16N6OS2/c1-8-4-9(2)18-13(17-8)21-15-19-11(7-23-15)5-12(22)20-14-16-6-10(3)24-14/h4,6-7H,5H2,1-3H3,(H,16,20,22)(H,17,18,19,21). The molecule has 2 N–H and O–H groups in total. The number of nitrogens with one attached hydrogen (secondary N) is 2. The monoisotopic (exact) mass is 360 g/mol. The molecule has 0 aliphatic heterocycles. The molecule has 0 saturated heterocycles. The summed E-state index contributed by atoms with van der Waals surface area (Å²) in [6.07, 6.45) is 1.93. The van der Waals surface area contributed by atoms with Gasteiger partial charge in [0.15, 0.2) is 10.3 Å². The minimum Gasteiger partial charge on any atom is -0.302 e. The highest BCUT2D eigenvalue weighted by molar-refractivity contribution is 7.15. The SMILES string of the molecule is Cc1cc(C)nc(Nc2nc(CC(=O)Nc3ncc(C)s3)cs2)n1. The molecule has 0 spiro atoms. The number of hydrogen-bond donors (Lipinski definition) is 2. The summed E-state index contributed by atoms with van der Waals surface area (Å²) in [4.78, 5) is 30.2. The van der Waals surface area contributed by atoms with E-state index in [1.165, 1.54) is 22.7 Å². The van der Waals surface area contributed by atoms with Crippen molar-refractivity contribution in [3.63, 3.8) is 0 Å². The van der Waals surface area contributed by atoms with Crippen LogP contribution in [0.2, 0.25) is 0 Å². The molecular formula is C15H16N6OS2. The third-order valence-corrected chi connectivity index (χ3v) is 4.60. The molecule has 3 heterocycles. The lowest BCUT2D eigenvalue weighted by Crippen LogP contribution is -2.14. The van der Waals surface area contributed by atoms with E-state index >= 15 is 0 Å². The minimum atomic E-state index is -0.135. The summed E-state index contributed by atoms with van der Waals surface area (Å²) in [7, 11) is 0. The first-order chi connectivity index (χ1) is 11.5. The predicted octanol–water partition coefficient (Wildman–Crippen LogP) is 3.24. The molecule has 3 aromatic rings. The van der Waals surface area contributed by atoms with Crippen LogP contribution in [0.4, 0.5) is 16.2 Å². The van der Waals surface area contributed by atoms with Crippen LogP contribution in [0.25, 0.3) is 0 Å². The number of carbonyl (C=O) groups is 1. The van der Waals surface area contributed by atoms with E-state index in [1.807, 2.05) is 32.2 Å². The second-order valence-electron chi connectivity index (χ2n) is 5.24. The number of hydrogen-bond acceptors (Lipinski definition) is 8. The third kappa shape index (κ3) is 4.33. The first kappa shape index (κ1) is 16.5. The van der Waals surface area contributed by atoms with Crippen LogP contribution < -0.4 is 10.6 Å². The van der Waals surface area contributed by atoms with Gasteiger partial charge in [0.1, 0.15) is 0 Å². The summed E-state index contributed by atoms with van der Waals surface area (Å²) in [5, 5.41) is 8.96. The molecule has 0 aliphatic rings. The van der Waals surface area contributed by atoms with Gasteiger partial charge in [-0.25, -0.2) is 19.9 Å². The van der Waals surface area contributed by atoms with Crippen molar-refractivity contribution in [1.82, 2.24) is 19.9 Å². The molecule has 24 heavy (non-hydrogen) atoms. The van der Waals surface area contributed by atoms with E-state index in [0.29, 0.717) is 21.9 Å². The van der Waals surface area contributed by atoms with Gasteiger partial charge < -0.3 is 10.6 Å². The van der Waals surface area contributed by atoms with Crippen LogP contribution in [0.5, 0.6) is 0 Å². The predicted molar refractivity (Wildman–Crippen MR) is 96.1 cm³/mol. The number of thiazole rings is 2. The Morgan fingerprint density at radius 1 is 1.12 bits per heavy atom. The molecule has 0 bridgehead atoms. The molecule has 7 nitrogen and oxygen atoms in total. The summed E-state index contributed by atoms with van der Waals surface area (Å²) < 4.78 is 0. The Hall–Kier alpha value is -2.39. The second-order valence-corrected chi connectivity index (χ2v) is 7.34. The Kier molecular flexibility index (Phi) is 4.81. The van der Waals surface area contributed by atoms with Crippen molar-refractivity contribution in [3.05, 3.63) is 39.6 Å². The first-order valence-corrected chi connectivity index (χ1v) is 8.93. The van der Waals surface area contributed by atoms with Crippen LogP contribution in [0.15, 0.2) is 17.6 Å². The lowest BCUT2D eigenvalue weighted by atomic mass is 10.3. The minimum absolute atomic E-state index is 0.135. The highest BCUT2D eigenvalue weighted by atomic mass is 32.1. The average molecular weight is 360 g/mol. The van der Waals surface area contributed by atoms with Gasteiger partial charge in [-0.2, -0.15) is 0 Å². The Labute approximate surface area is 147 Å². The van der Waals surface area contributed by atoms with Crippen molar-refractivity contribution in [1.29, 1.82) is 0 Å². The number of carbonyl (C=O) groups excluding carboxylic acids is 1. The topological polar surface area (TPSA) is 92.7 Å². The van der Waals surface area contributed by atoms with Crippen LogP contribution in [0.3, 0.4) is 0 Å². The Morgan fingerprint density at radius 3 is 2.54 bits per heavy atom. The normalized spacial score (nSPS) is 10.6. The fourth-order valence-electron chi connectivity index (χ4n) is 2.06. The molecular weight excluding hydrogens is 344 g/mol. The third-order valence-electron chi connectivity index (χ3n) is 2.96. The molecule has 3 aromatic heterocycles. The van der Waals surface area contributed by atoms with E-state index in [2.05, 4.69) is 30.6 Å². The molecule has 0 aromatic carbocycles. The van der Waals surface area contributed by atoms with Crippen LogP contribution >= 0.6 is 22.7 Å². The summed E-state index contributed by atoms with van der Waals surface area (Å²) in [5.74, 6) is 0.375. The van der Waals surface area contributed by atoms with E-state index in [1.54, 1.807) is 6.20 Å². The molecule has 0 atom stereocenters. The summed E-state index contributed by atoms with van der Waals surface area (Å²) in [6.45, 7) is 5.77. The van der Waals surface area contributed by atoms with Gasteiger partial charge in [-0.15, -0.1) is 22.7 Å². The van der Waals surface area contributed by atoms with E-state index in [9.17, 15) is 4.79 Å². The van der Waals surface area contributed by atoms with Gasteiger partial charge in [-0.3, -0.25) is 4.79 Å². The summed E-state index contributed by atoms with van der Waals surface area (Å²) >= 11 is 2.86. The van der Waals surface area contributed by atoms with Crippen LogP contribution in [0, 0.1) is 20.8 Å². The molecule has 9 heteroatoms. The average Bonchev–Trinajstić information content (AvgIpc) is 3.07. The van der Waals surface area contributed by atoms with Crippen molar-refractivity contribution >= 4 is 44.8 Å². The molecule has 1 amide bonds. The summed E-state index contributed by atoms with van der Waals surface area (Å²) in [5.41, 5.74) is 2.47. The van der Waals surface area contributed by atoms with E-state index in [4.69, 9.17) is 0 Å². The van der Waals surface area contributed by atoms with Gasteiger partial charge in [0.25, 0.3) is 0 Å². The van der Waals surface area contributed by atoms with E-state index < -0.39 is 0 Å². The lowest BCUT2D eigenvalue weighted by Gasteiger charge is -2.03. The van der Waals surface area contributed by atoms with E-state index in [0.717, 1.165) is 16.3 Å². The smallest absolute Gasteiger partial charge is 0.232 e. The molecule has 124 valence electrons. The van der Waals surface area contributed by atoms with Crippen LogP contribution in [0.1, 0.15) is 22.0 Å². The largest absolute Gasteiger partial charge is 0.302 e. The zero-order valence-electron chi connectivity index (χ0n) is 13.5. The number of anilines is 3.